The van der Waals surface area contributed by atoms with Gasteiger partial charge < -0.3 is 10.3 Å². The van der Waals surface area contributed by atoms with Gasteiger partial charge in [0.25, 0.3) is 0 Å². The number of esters is 1. The van der Waals surface area contributed by atoms with Gasteiger partial charge in [-0.3, -0.25) is 0 Å². The number of hydrogen-bond acceptors (Lipinski definition) is 2. The van der Waals surface area contributed by atoms with Crippen LogP contribution in [0.5, 0.6) is 0 Å². The number of carbonyl (C=O) groups is 1. The normalized spacial score (nSPS) is 6.36. The van der Waals surface area contributed by atoms with Gasteiger partial charge in [0.15, 0.2) is 0 Å². The fourth-order valence-electron chi connectivity index (χ4n) is 0.227. The van der Waals surface area contributed by atoms with Crippen molar-refractivity contribution in [3.8, 4) is 0 Å². The summed E-state index contributed by atoms with van der Waals surface area (Å²) in [4.78, 5) is 12.6. The van der Waals surface area contributed by atoms with Gasteiger partial charge in [0.1, 0.15) is 0 Å². The van der Waals surface area contributed by atoms with E-state index in [-0.39, 0.29) is 0 Å². The molecule has 0 heterocycles. The van der Waals surface area contributed by atoms with Gasteiger partial charge in [-0.25, -0.2) is 4.79 Å². The number of carbonyl (C=O) groups excluding carboxylic acids is 1. The van der Waals surface area contributed by atoms with Crippen molar-refractivity contribution in [2.75, 3.05) is 6.61 Å². The lowest BCUT2D eigenvalue weighted by Gasteiger charge is -1.86. The molecule has 0 fully saturated rings. The molecule has 4 nitrogen and oxygen atoms in total. The van der Waals surface area contributed by atoms with Gasteiger partial charge in [-0.1, -0.05) is 6.08 Å². The number of rotatable bonds is 2. The minimum atomic E-state index is -0.630. The quantitative estimate of drug-likeness (QED) is 0.197. The highest BCUT2D eigenvalue weighted by Crippen LogP contribution is 1.68. The molecule has 62 valence electrons. The van der Waals surface area contributed by atoms with Crippen LogP contribution in [0.2, 0.25) is 0 Å². The Hall–Kier alpha value is -1.41. The van der Waals surface area contributed by atoms with Crippen molar-refractivity contribution in [1.29, 1.82) is 0 Å². The SMILES string of the molecule is C=CC.CCOC(=O)C=[N+]=[N-]. The molecule has 0 amide bonds. The summed E-state index contributed by atoms with van der Waals surface area (Å²) in [5.74, 6) is -0.630. The minimum Gasteiger partial charge on any atom is -0.458 e. The maximum atomic E-state index is 10.1. The van der Waals surface area contributed by atoms with Gasteiger partial charge >= 0.3 is 12.2 Å². The van der Waals surface area contributed by atoms with Crippen molar-refractivity contribution in [1.82, 2.24) is 0 Å². The van der Waals surface area contributed by atoms with Gasteiger partial charge in [0.05, 0.1) is 6.61 Å². The van der Waals surface area contributed by atoms with Crippen LogP contribution in [-0.4, -0.2) is 23.6 Å². The molecule has 4 heteroatoms. The summed E-state index contributed by atoms with van der Waals surface area (Å²) >= 11 is 0. The van der Waals surface area contributed by atoms with Crippen LogP contribution in [0.1, 0.15) is 13.8 Å². The largest absolute Gasteiger partial charge is 0.458 e. The van der Waals surface area contributed by atoms with Crippen LogP contribution in [0.3, 0.4) is 0 Å². The third-order valence-corrected chi connectivity index (χ3v) is 0.450. The Balaban J connectivity index is 0. The first-order valence-corrected chi connectivity index (χ1v) is 3.14. The highest BCUT2D eigenvalue weighted by Gasteiger charge is 1.97. The molecular weight excluding hydrogens is 144 g/mol. The fourth-order valence-corrected chi connectivity index (χ4v) is 0.227. The van der Waals surface area contributed by atoms with Gasteiger partial charge in [0.2, 0.25) is 0 Å². The average molecular weight is 156 g/mol. The van der Waals surface area contributed by atoms with E-state index in [1.165, 1.54) is 0 Å². The van der Waals surface area contributed by atoms with E-state index in [0.29, 0.717) is 12.8 Å². The van der Waals surface area contributed by atoms with Crippen molar-refractivity contribution >= 4 is 12.2 Å². The van der Waals surface area contributed by atoms with Gasteiger partial charge in [0, 0.05) is 0 Å². The van der Waals surface area contributed by atoms with Crippen LogP contribution in [0, 0.1) is 0 Å². The van der Waals surface area contributed by atoms with E-state index in [1.807, 2.05) is 6.92 Å². The van der Waals surface area contributed by atoms with Crippen LogP contribution >= 0.6 is 0 Å². The molecule has 0 saturated carbocycles. The first-order valence-electron chi connectivity index (χ1n) is 3.14. The van der Waals surface area contributed by atoms with E-state index in [1.54, 1.807) is 13.0 Å². The summed E-state index contributed by atoms with van der Waals surface area (Å²) in [6.45, 7) is 7.22. The number of nitrogens with zero attached hydrogens (tertiary/aromatic N) is 2. The molecule has 0 N–H and O–H groups in total. The van der Waals surface area contributed by atoms with Crippen molar-refractivity contribution in [3.05, 3.63) is 18.2 Å². The fraction of sp³-hybridized carbons (Fsp3) is 0.429. The molecule has 0 bridgehead atoms. The van der Waals surface area contributed by atoms with E-state index in [0.717, 1.165) is 0 Å². The van der Waals surface area contributed by atoms with Crippen molar-refractivity contribution in [2.24, 2.45) is 0 Å². The van der Waals surface area contributed by atoms with Crippen LogP contribution < -0.4 is 0 Å². The Morgan fingerprint density at radius 2 is 2.27 bits per heavy atom. The standard InChI is InChI=1S/C4H6N2O2.C3H6/c1-2-8-4(7)3-6-5;1-3-2/h3H,2H2,1H3;3H,1H2,2H3. The van der Waals surface area contributed by atoms with Gasteiger partial charge in [-0.15, -0.1) is 6.58 Å². The Bertz CT molecular complexity index is 160. The monoisotopic (exact) mass is 156 g/mol. The third-order valence-electron chi connectivity index (χ3n) is 0.450. The first-order chi connectivity index (χ1) is 5.22. The zero-order chi connectivity index (χ0) is 9.11. The van der Waals surface area contributed by atoms with Crippen LogP contribution in [0.25, 0.3) is 5.53 Å². The highest BCUT2D eigenvalue weighted by molar-refractivity contribution is 6.20. The lowest BCUT2D eigenvalue weighted by molar-refractivity contribution is -0.138. The number of allylic oxidation sites excluding steroid dienone is 1. The first kappa shape index (κ1) is 12.3. The molecule has 0 aromatic rings. The average Bonchev–Trinajstić information content (AvgIpc) is 1.90. The highest BCUT2D eigenvalue weighted by atomic mass is 16.5. The zero-order valence-electron chi connectivity index (χ0n) is 6.78. The summed E-state index contributed by atoms with van der Waals surface area (Å²) in [5, 5.41) is 0. The second-order valence-corrected chi connectivity index (χ2v) is 1.40. The predicted octanol–water partition coefficient (Wildman–Crippen LogP) is 1.04. The molecule has 0 radical (unpaired) electrons. The maximum Gasteiger partial charge on any atom is 0.413 e. The van der Waals surface area contributed by atoms with Crippen LogP contribution in [0.4, 0.5) is 0 Å². The van der Waals surface area contributed by atoms with Crippen molar-refractivity contribution < 1.29 is 14.3 Å². The van der Waals surface area contributed by atoms with E-state index in [4.69, 9.17) is 5.53 Å². The van der Waals surface area contributed by atoms with Crippen LogP contribution in [-0.2, 0) is 9.53 Å². The molecule has 0 aromatic heterocycles. The third kappa shape index (κ3) is 17.7. The predicted molar refractivity (Wildman–Crippen MR) is 42.2 cm³/mol. The molecule has 0 spiro atoms. The van der Waals surface area contributed by atoms with E-state index in [2.05, 4.69) is 16.1 Å². The van der Waals surface area contributed by atoms with Crippen LogP contribution in [0.15, 0.2) is 12.7 Å². The van der Waals surface area contributed by atoms with Crippen molar-refractivity contribution in [2.45, 2.75) is 13.8 Å². The Morgan fingerprint density at radius 1 is 1.82 bits per heavy atom. The smallest absolute Gasteiger partial charge is 0.413 e. The lowest BCUT2D eigenvalue weighted by Crippen LogP contribution is -2.04. The second-order valence-electron chi connectivity index (χ2n) is 1.40. The summed E-state index contributed by atoms with van der Waals surface area (Å²) in [5.41, 5.74) is 7.73. The molecule has 0 atom stereocenters. The molecular formula is C7H12N2O2. The summed E-state index contributed by atoms with van der Waals surface area (Å²) in [6, 6.07) is 0. The molecule has 0 aliphatic carbocycles. The molecule has 0 rings (SSSR count). The topological polar surface area (TPSA) is 62.7 Å². The molecule has 0 aromatic carbocycles. The molecule has 0 saturated heterocycles. The van der Waals surface area contributed by atoms with Gasteiger partial charge in [-0.2, -0.15) is 4.79 Å². The van der Waals surface area contributed by atoms with E-state index < -0.39 is 5.97 Å². The second kappa shape index (κ2) is 11.4. The molecule has 0 aliphatic rings. The molecule has 0 aliphatic heterocycles. The van der Waals surface area contributed by atoms with E-state index in [9.17, 15) is 4.79 Å². The zero-order valence-corrected chi connectivity index (χ0v) is 6.78. The summed E-state index contributed by atoms with van der Waals surface area (Å²) in [6.07, 6.45) is 2.45. The van der Waals surface area contributed by atoms with Gasteiger partial charge in [-0.05, 0) is 13.8 Å². The summed E-state index contributed by atoms with van der Waals surface area (Å²) in [7, 11) is 0. The Morgan fingerprint density at radius 3 is 2.55 bits per heavy atom. The number of hydrogen-bond donors (Lipinski definition) is 0. The minimum absolute atomic E-state index is 0.296. The van der Waals surface area contributed by atoms with E-state index >= 15 is 0 Å². The molecule has 0 unspecified atom stereocenters. The molecule has 11 heavy (non-hydrogen) atoms. The Kier molecular flexibility index (Phi) is 12.7. The van der Waals surface area contributed by atoms with Crippen molar-refractivity contribution in [3.63, 3.8) is 0 Å². The maximum absolute atomic E-state index is 10.1. The number of ether oxygens (including phenoxy) is 1. The summed E-state index contributed by atoms with van der Waals surface area (Å²) < 4.78 is 4.33. The lowest BCUT2D eigenvalue weighted by atomic mass is 10.7. The Labute approximate surface area is 66.1 Å².